The maximum absolute atomic E-state index is 11.2. The van der Waals surface area contributed by atoms with Crippen LogP contribution in [0.4, 0.5) is 0 Å². The van der Waals surface area contributed by atoms with Gasteiger partial charge in [0.15, 0.2) is 0 Å². The van der Waals surface area contributed by atoms with Gasteiger partial charge in [-0.15, -0.1) is 0 Å². The lowest BCUT2D eigenvalue weighted by molar-refractivity contribution is -0.140. The van der Waals surface area contributed by atoms with Gasteiger partial charge in [0.2, 0.25) is 0 Å². The third-order valence-electron chi connectivity index (χ3n) is 3.28. The highest BCUT2D eigenvalue weighted by atomic mass is 79.9. The van der Waals surface area contributed by atoms with Gasteiger partial charge in [-0.1, -0.05) is 21.1 Å². The normalized spacial score (nSPS) is 12.7. The van der Waals surface area contributed by atoms with Crippen LogP contribution in [0.3, 0.4) is 0 Å². The first-order valence-electron chi connectivity index (χ1n) is 6.01. The highest BCUT2D eigenvalue weighted by Crippen LogP contribution is 2.33. The molecular weight excluding hydrogens is 324 g/mol. The van der Waals surface area contributed by atoms with E-state index >= 15 is 0 Å². The van der Waals surface area contributed by atoms with E-state index in [0.717, 1.165) is 20.9 Å². The monoisotopic (exact) mass is 334 g/mol. The summed E-state index contributed by atoms with van der Waals surface area (Å²) in [6, 6.07) is 6.83. The first kappa shape index (κ1) is 12.9. The van der Waals surface area contributed by atoms with Crippen molar-refractivity contribution in [2.45, 2.75) is 13.0 Å². The van der Waals surface area contributed by atoms with Crippen molar-refractivity contribution in [3.63, 3.8) is 0 Å². The van der Waals surface area contributed by atoms with Gasteiger partial charge in [0.05, 0.1) is 0 Å². The number of hydrogen-bond donors (Lipinski definition) is 1. The van der Waals surface area contributed by atoms with Crippen LogP contribution in [0, 0.1) is 0 Å². The Hall–Kier alpha value is -2.08. The van der Waals surface area contributed by atoms with Crippen LogP contribution in [0.1, 0.15) is 13.0 Å². The lowest BCUT2D eigenvalue weighted by atomic mass is 10.1. The van der Waals surface area contributed by atoms with Gasteiger partial charge in [0.1, 0.15) is 18.0 Å². The molecule has 0 saturated carbocycles. The zero-order valence-corrected chi connectivity index (χ0v) is 12.2. The van der Waals surface area contributed by atoms with E-state index in [1.807, 2.05) is 18.2 Å². The zero-order valence-electron chi connectivity index (χ0n) is 10.6. The Bertz CT molecular complexity index is 777. The zero-order chi connectivity index (χ0) is 14.3. The summed E-state index contributed by atoms with van der Waals surface area (Å²) in [6.45, 7) is 1.65. The fourth-order valence-electron chi connectivity index (χ4n) is 2.22. The fraction of sp³-hybridized carbons (Fsp3) is 0.143. The summed E-state index contributed by atoms with van der Waals surface area (Å²) < 4.78 is 7.53. The third-order valence-corrected chi connectivity index (χ3v) is 3.78. The van der Waals surface area contributed by atoms with E-state index in [1.165, 1.54) is 6.26 Å². The average molecular weight is 335 g/mol. The second-order valence-electron chi connectivity index (χ2n) is 4.51. The van der Waals surface area contributed by atoms with Crippen molar-refractivity contribution in [3.8, 4) is 11.3 Å². The standard InChI is InChI=1S/C14H11BrN2O3/c1-8(14(18)19)17-7-11(12-4-5-20-16-12)10-6-9(15)2-3-13(10)17/h2-8H,1H3,(H,18,19)/t8-/m0/s1. The predicted octanol–water partition coefficient (Wildman–Crippen LogP) is 3.70. The highest BCUT2D eigenvalue weighted by Gasteiger charge is 2.19. The van der Waals surface area contributed by atoms with E-state index in [0.29, 0.717) is 5.69 Å². The summed E-state index contributed by atoms with van der Waals surface area (Å²) in [5, 5.41) is 14.1. The van der Waals surface area contributed by atoms with Gasteiger partial charge >= 0.3 is 5.97 Å². The molecule has 0 bridgehead atoms. The largest absolute Gasteiger partial charge is 0.480 e. The minimum absolute atomic E-state index is 0.653. The maximum Gasteiger partial charge on any atom is 0.326 e. The Kier molecular flexibility index (Phi) is 3.10. The van der Waals surface area contributed by atoms with E-state index in [9.17, 15) is 9.90 Å². The minimum atomic E-state index is -0.878. The van der Waals surface area contributed by atoms with Crippen molar-refractivity contribution in [1.29, 1.82) is 0 Å². The molecule has 0 spiro atoms. The van der Waals surface area contributed by atoms with Crippen LogP contribution in [0.5, 0.6) is 0 Å². The van der Waals surface area contributed by atoms with Crippen LogP contribution in [-0.4, -0.2) is 20.8 Å². The number of halogens is 1. The number of fused-ring (bicyclic) bond motifs is 1. The van der Waals surface area contributed by atoms with Gasteiger partial charge in [-0.05, 0) is 25.1 Å². The van der Waals surface area contributed by atoms with Gasteiger partial charge < -0.3 is 14.2 Å². The molecule has 0 aliphatic rings. The highest BCUT2D eigenvalue weighted by molar-refractivity contribution is 9.10. The third kappa shape index (κ3) is 2.02. The number of carboxylic acid groups (broad SMARTS) is 1. The molecule has 0 saturated heterocycles. The van der Waals surface area contributed by atoms with Crippen molar-refractivity contribution in [1.82, 2.24) is 9.72 Å². The van der Waals surface area contributed by atoms with Gasteiger partial charge in [-0.2, -0.15) is 0 Å². The lowest BCUT2D eigenvalue weighted by Crippen LogP contribution is -2.14. The van der Waals surface area contributed by atoms with E-state index in [1.54, 1.807) is 23.8 Å². The quantitative estimate of drug-likeness (QED) is 0.792. The molecule has 0 aliphatic heterocycles. The minimum Gasteiger partial charge on any atom is -0.480 e. The molecule has 0 fully saturated rings. The molecule has 2 heterocycles. The SMILES string of the molecule is C[C@@H](C(=O)O)n1cc(-c2ccon2)c2cc(Br)ccc21. The first-order chi connectivity index (χ1) is 9.58. The molecule has 3 rings (SSSR count). The topological polar surface area (TPSA) is 68.3 Å². The van der Waals surface area contributed by atoms with Gasteiger partial charge in [-0.3, -0.25) is 0 Å². The number of hydrogen-bond acceptors (Lipinski definition) is 3. The Labute approximate surface area is 122 Å². The molecule has 1 aromatic carbocycles. The van der Waals surface area contributed by atoms with Crippen LogP contribution < -0.4 is 0 Å². The van der Waals surface area contributed by atoms with E-state index in [4.69, 9.17) is 4.52 Å². The van der Waals surface area contributed by atoms with Crippen molar-refractivity contribution in [2.24, 2.45) is 0 Å². The predicted molar refractivity (Wildman–Crippen MR) is 77.5 cm³/mol. The smallest absolute Gasteiger partial charge is 0.326 e. The molecule has 6 heteroatoms. The number of rotatable bonds is 3. The molecule has 102 valence electrons. The Morgan fingerprint density at radius 1 is 1.45 bits per heavy atom. The Morgan fingerprint density at radius 2 is 2.25 bits per heavy atom. The van der Waals surface area contributed by atoms with E-state index < -0.39 is 12.0 Å². The lowest BCUT2D eigenvalue weighted by Gasteiger charge is -2.09. The van der Waals surface area contributed by atoms with Crippen molar-refractivity contribution >= 4 is 32.8 Å². The first-order valence-corrected chi connectivity index (χ1v) is 6.81. The van der Waals surface area contributed by atoms with Crippen molar-refractivity contribution < 1.29 is 14.4 Å². The van der Waals surface area contributed by atoms with Gasteiger partial charge in [0.25, 0.3) is 0 Å². The molecule has 1 atom stereocenters. The summed E-state index contributed by atoms with van der Waals surface area (Å²) in [7, 11) is 0. The fourth-order valence-corrected chi connectivity index (χ4v) is 2.58. The molecule has 0 aliphatic carbocycles. The van der Waals surface area contributed by atoms with E-state index in [-0.39, 0.29) is 0 Å². The van der Waals surface area contributed by atoms with Crippen LogP contribution in [0.2, 0.25) is 0 Å². The van der Waals surface area contributed by atoms with Crippen molar-refractivity contribution in [3.05, 3.63) is 41.2 Å². The second-order valence-corrected chi connectivity index (χ2v) is 5.43. The van der Waals surface area contributed by atoms with Crippen molar-refractivity contribution in [2.75, 3.05) is 0 Å². The van der Waals surface area contributed by atoms with Gasteiger partial charge in [0, 0.05) is 33.2 Å². The summed E-state index contributed by atoms with van der Waals surface area (Å²) in [5.41, 5.74) is 2.38. The molecule has 2 aromatic heterocycles. The molecule has 0 amide bonds. The van der Waals surface area contributed by atoms with Crippen LogP contribution >= 0.6 is 15.9 Å². The molecule has 0 unspecified atom stereocenters. The number of aliphatic carboxylic acids is 1. The van der Waals surface area contributed by atoms with Gasteiger partial charge in [-0.25, -0.2) is 4.79 Å². The number of carbonyl (C=O) groups is 1. The average Bonchev–Trinajstić information content (AvgIpc) is 3.03. The summed E-state index contributed by atoms with van der Waals surface area (Å²) in [4.78, 5) is 11.2. The molecule has 20 heavy (non-hydrogen) atoms. The molecular formula is C14H11BrN2O3. The number of carboxylic acids is 1. The Morgan fingerprint density at radius 3 is 2.90 bits per heavy atom. The summed E-state index contributed by atoms with van der Waals surface area (Å²) >= 11 is 3.44. The van der Waals surface area contributed by atoms with Crippen LogP contribution in [-0.2, 0) is 4.79 Å². The summed E-state index contributed by atoms with van der Waals surface area (Å²) in [6.07, 6.45) is 3.30. The number of aromatic nitrogens is 2. The maximum atomic E-state index is 11.2. The molecule has 1 N–H and O–H groups in total. The summed E-state index contributed by atoms with van der Waals surface area (Å²) in [5.74, 6) is -0.878. The Balaban J connectivity index is 2.30. The molecule has 0 radical (unpaired) electrons. The molecule has 3 aromatic rings. The van der Waals surface area contributed by atoms with Crippen LogP contribution in [0.25, 0.3) is 22.2 Å². The number of benzene rings is 1. The number of nitrogens with zero attached hydrogens (tertiary/aromatic N) is 2. The molecule has 5 nitrogen and oxygen atoms in total. The van der Waals surface area contributed by atoms with E-state index in [2.05, 4.69) is 21.1 Å². The second kappa shape index (κ2) is 4.79. The van der Waals surface area contributed by atoms with Crippen LogP contribution in [0.15, 0.2) is 45.7 Å².